The van der Waals surface area contributed by atoms with E-state index in [-0.39, 0.29) is 0 Å². The largest absolute Gasteiger partial charge is 0.310 e. The molecule has 0 aromatic heterocycles. The first kappa shape index (κ1) is 14.1. The highest BCUT2D eigenvalue weighted by Gasteiger charge is 2.25. The Labute approximate surface area is 123 Å². The molecule has 0 spiro atoms. The van der Waals surface area contributed by atoms with Crippen LogP contribution in [0.25, 0.3) is 0 Å². The Balaban J connectivity index is 1.45. The first-order valence-electron chi connectivity index (χ1n) is 8.26. The maximum atomic E-state index is 3.91. The maximum Gasteiger partial charge on any atom is 0.0151 e. The van der Waals surface area contributed by atoms with Gasteiger partial charge in [0.15, 0.2) is 0 Å². The van der Waals surface area contributed by atoms with Crippen LogP contribution >= 0.6 is 0 Å². The fourth-order valence-corrected chi connectivity index (χ4v) is 3.81. The predicted molar refractivity (Wildman–Crippen MR) is 85.1 cm³/mol. The molecule has 110 valence electrons. The molecule has 1 aromatic rings. The van der Waals surface area contributed by atoms with Gasteiger partial charge in [0.2, 0.25) is 0 Å². The van der Waals surface area contributed by atoms with Crippen LogP contribution in [-0.2, 0) is 12.8 Å². The standard InChI is InChI=1S/C18H28N2/c1-14(2)13-20-9-7-17(8-10-20)19-18-11-15-5-3-4-6-16(15)12-18/h3-6,14,17-19H,7-13H2,1-2H3. The Morgan fingerprint density at radius 2 is 1.65 bits per heavy atom. The minimum atomic E-state index is 0.675. The van der Waals surface area contributed by atoms with Gasteiger partial charge in [0, 0.05) is 18.6 Å². The Kier molecular flexibility index (Phi) is 4.42. The van der Waals surface area contributed by atoms with Crippen molar-refractivity contribution in [3.8, 4) is 0 Å². The van der Waals surface area contributed by atoms with E-state index in [2.05, 4.69) is 48.3 Å². The van der Waals surface area contributed by atoms with Gasteiger partial charge in [-0.3, -0.25) is 0 Å². The molecule has 20 heavy (non-hydrogen) atoms. The van der Waals surface area contributed by atoms with E-state index in [0.29, 0.717) is 6.04 Å². The van der Waals surface area contributed by atoms with Gasteiger partial charge in [-0.25, -0.2) is 0 Å². The molecule has 1 aromatic carbocycles. The summed E-state index contributed by atoms with van der Waals surface area (Å²) in [6, 6.07) is 10.3. The summed E-state index contributed by atoms with van der Waals surface area (Å²) < 4.78 is 0. The molecule has 1 N–H and O–H groups in total. The summed E-state index contributed by atoms with van der Waals surface area (Å²) in [6.45, 7) is 8.45. The molecule has 1 heterocycles. The summed E-state index contributed by atoms with van der Waals surface area (Å²) in [4.78, 5) is 2.63. The molecule has 0 saturated carbocycles. The van der Waals surface area contributed by atoms with Gasteiger partial charge in [-0.05, 0) is 55.8 Å². The van der Waals surface area contributed by atoms with Crippen molar-refractivity contribution < 1.29 is 0 Å². The van der Waals surface area contributed by atoms with Crippen LogP contribution in [0, 0.1) is 5.92 Å². The van der Waals surface area contributed by atoms with Crippen molar-refractivity contribution in [3.05, 3.63) is 35.4 Å². The average Bonchev–Trinajstić information content (AvgIpc) is 2.82. The summed E-state index contributed by atoms with van der Waals surface area (Å²) >= 11 is 0. The van der Waals surface area contributed by atoms with Crippen molar-refractivity contribution in [2.24, 2.45) is 5.92 Å². The third kappa shape index (κ3) is 3.42. The molecule has 1 aliphatic heterocycles. The zero-order valence-electron chi connectivity index (χ0n) is 12.9. The number of rotatable bonds is 4. The van der Waals surface area contributed by atoms with Gasteiger partial charge in [-0.1, -0.05) is 38.1 Å². The van der Waals surface area contributed by atoms with Crippen molar-refractivity contribution >= 4 is 0 Å². The van der Waals surface area contributed by atoms with E-state index in [1.165, 1.54) is 45.3 Å². The lowest BCUT2D eigenvalue weighted by Gasteiger charge is -2.34. The number of piperidine rings is 1. The lowest BCUT2D eigenvalue weighted by atomic mass is 10.0. The quantitative estimate of drug-likeness (QED) is 0.906. The molecule has 2 heteroatoms. The van der Waals surface area contributed by atoms with Gasteiger partial charge in [0.1, 0.15) is 0 Å². The highest BCUT2D eigenvalue weighted by Crippen LogP contribution is 2.23. The van der Waals surface area contributed by atoms with Crippen LogP contribution in [0.2, 0.25) is 0 Å². The lowest BCUT2D eigenvalue weighted by molar-refractivity contribution is 0.174. The van der Waals surface area contributed by atoms with E-state index in [0.717, 1.165) is 12.0 Å². The van der Waals surface area contributed by atoms with Crippen LogP contribution in [0.1, 0.15) is 37.8 Å². The molecule has 2 nitrogen and oxygen atoms in total. The van der Waals surface area contributed by atoms with Crippen LogP contribution in [-0.4, -0.2) is 36.6 Å². The van der Waals surface area contributed by atoms with Gasteiger partial charge in [-0.2, -0.15) is 0 Å². The monoisotopic (exact) mass is 272 g/mol. The molecule has 0 atom stereocenters. The number of hydrogen-bond donors (Lipinski definition) is 1. The Hall–Kier alpha value is -0.860. The van der Waals surface area contributed by atoms with Crippen LogP contribution in [0.3, 0.4) is 0 Å². The third-order valence-corrected chi connectivity index (χ3v) is 4.73. The molecule has 0 amide bonds. The van der Waals surface area contributed by atoms with Crippen molar-refractivity contribution in [1.29, 1.82) is 0 Å². The van der Waals surface area contributed by atoms with Crippen molar-refractivity contribution in [2.75, 3.05) is 19.6 Å². The second kappa shape index (κ2) is 6.28. The molecular formula is C18H28N2. The Morgan fingerprint density at radius 3 is 2.20 bits per heavy atom. The normalized spacial score (nSPS) is 21.6. The van der Waals surface area contributed by atoms with Gasteiger partial charge >= 0.3 is 0 Å². The zero-order chi connectivity index (χ0) is 13.9. The number of nitrogens with zero attached hydrogens (tertiary/aromatic N) is 1. The van der Waals surface area contributed by atoms with Crippen LogP contribution in [0.5, 0.6) is 0 Å². The van der Waals surface area contributed by atoms with Crippen molar-refractivity contribution in [3.63, 3.8) is 0 Å². The molecule has 1 fully saturated rings. The van der Waals surface area contributed by atoms with E-state index in [1.807, 2.05) is 0 Å². The van der Waals surface area contributed by atoms with Gasteiger partial charge in [-0.15, -0.1) is 0 Å². The van der Waals surface area contributed by atoms with Crippen LogP contribution < -0.4 is 5.32 Å². The minimum Gasteiger partial charge on any atom is -0.310 e. The van der Waals surface area contributed by atoms with Crippen LogP contribution in [0.4, 0.5) is 0 Å². The number of likely N-dealkylation sites (tertiary alicyclic amines) is 1. The second-order valence-corrected chi connectivity index (χ2v) is 7.01. The van der Waals surface area contributed by atoms with Crippen molar-refractivity contribution in [1.82, 2.24) is 10.2 Å². The van der Waals surface area contributed by atoms with Crippen molar-refractivity contribution in [2.45, 2.75) is 51.6 Å². The number of fused-ring (bicyclic) bond motifs is 1. The van der Waals surface area contributed by atoms with E-state index < -0.39 is 0 Å². The van der Waals surface area contributed by atoms with Crippen LogP contribution in [0.15, 0.2) is 24.3 Å². The summed E-state index contributed by atoms with van der Waals surface area (Å²) in [5.74, 6) is 0.795. The molecule has 2 aliphatic rings. The lowest BCUT2D eigenvalue weighted by Crippen LogP contribution is -2.47. The smallest absolute Gasteiger partial charge is 0.0151 e. The second-order valence-electron chi connectivity index (χ2n) is 7.01. The summed E-state index contributed by atoms with van der Waals surface area (Å²) in [7, 11) is 0. The first-order valence-corrected chi connectivity index (χ1v) is 8.26. The van der Waals surface area contributed by atoms with Gasteiger partial charge in [0.25, 0.3) is 0 Å². The minimum absolute atomic E-state index is 0.675. The van der Waals surface area contributed by atoms with Gasteiger partial charge in [0.05, 0.1) is 0 Å². The molecule has 0 unspecified atom stereocenters. The summed E-state index contributed by atoms with van der Waals surface area (Å²) in [6.07, 6.45) is 5.09. The number of benzene rings is 1. The highest BCUT2D eigenvalue weighted by molar-refractivity contribution is 5.33. The predicted octanol–water partition coefficient (Wildman–Crippen LogP) is 2.86. The molecule has 0 radical (unpaired) electrons. The van der Waals surface area contributed by atoms with E-state index >= 15 is 0 Å². The zero-order valence-corrected chi connectivity index (χ0v) is 12.9. The first-order chi connectivity index (χ1) is 9.70. The van der Waals surface area contributed by atoms with Gasteiger partial charge < -0.3 is 10.2 Å². The summed E-state index contributed by atoms with van der Waals surface area (Å²) in [5, 5.41) is 3.91. The molecule has 1 saturated heterocycles. The van der Waals surface area contributed by atoms with E-state index in [4.69, 9.17) is 0 Å². The Morgan fingerprint density at radius 1 is 1.05 bits per heavy atom. The SMILES string of the molecule is CC(C)CN1CCC(NC2Cc3ccccc3C2)CC1. The highest BCUT2D eigenvalue weighted by atomic mass is 15.1. The number of nitrogens with one attached hydrogen (secondary N) is 1. The average molecular weight is 272 g/mol. The summed E-state index contributed by atoms with van der Waals surface area (Å²) in [5.41, 5.74) is 3.12. The topological polar surface area (TPSA) is 15.3 Å². The molecule has 0 bridgehead atoms. The fourth-order valence-electron chi connectivity index (χ4n) is 3.81. The Bertz CT molecular complexity index is 408. The van der Waals surface area contributed by atoms with E-state index in [9.17, 15) is 0 Å². The molecular weight excluding hydrogens is 244 g/mol. The number of hydrogen-bond acceptors (Lipinski definition) is 2. The van der Waals surface area contributed by atoms with E-state index in [1.54, 1.807) is 11.1 Å². The molecule has 1 aliphatic carbocycles. The third-order valence-electron chi connectivity index (χ3n) is 4.73. The maximum absolute atomic E-state index is 3.91. The molecule has 3 rings (SSSR count). The fraction of sp³-hybridized carbons (Fsp3) is 0.667.